The number of aromatic nitrogens is 2. The van der Waals surface area contributed by atoms with E-state index >= 15 is 0 Å². The molecule has 1 aromatic carbocycles. The normalized spacial score (nSPS) is 19.1. The Balaban J connectivity index is 1.87. The van der Waals surface area contributed by atoms with Crippen LogP contribution in [0.2, 0.25) is 0 Å². The Morgan fingerprint density at radius 3 is 2.68 bits per heavy atom. The average molecular weight is 293 g/mol. The van der Waals surface area contributed by atoms with Gasteiger partial charge in [-0.3, -0.25) is 4.79 Å². The highest BCUT2D eigenvalue weighted by Gasteiger charge is 2.28. The van der Waals surface area contributed by atoms with Gasteiger partial charge in [0.1, 0.15) is 0 Å². The van der Waals surface area contributed by atoms with Gasteiger partial charge in [-0.15, -0.1) is 5.10 Å². The van der Waals surface area contributed by atoms with Crippen molar-refractivity contribution in [2.24, 2.45) is 0 Å². The maximum absolute atomic E-state index is 11.8. The first-order valence-electron chi connectivity index (χ1n) is 5.78. The van der Waals surface area contributed by atoms with Crippen LogP contribution >= 0.6 is 24.8 Å². The van der Waals surface area contributed by atoms with Crippen LogP contribution in [0.1, 0.15) is 6.42 Å². The molecule has 1 aliphatic heterocycles. The predicted molar refractivity (Wildman–Crippen MR) is 76.9 cm³/mol. The molecule has 1 atom stereocenters. The lowest BCUT2D eigenvalue weighted by Crippen LogP contribution is -2.24. The average Bonchev–Trinajstić information content (AvgIpc) is 2.96. The van der Waals surface area contributed by atoms with Gasteiger partial charge in [0.25, 0.3) is 4.84 Å². The third-order valence-electron chi connectivity index (χ3n) is 2.97. The monoisotopic (exact) mass is 293 g/mol. The molecule has 0 bridgehead atoms. The minimum atomic E-state index is 0.102. The van der Waals surface area contributed by atoms with E-state index in [-0.39, 0.29) is 16.0 Å². The fourth-order valence-corrected chi connectivity index (χ4v) is 2.52. The second kappa shape index (κ2) is 4.82. The van der Waals surface area contributed by atoms with E-state index in [1.807, 2.05) is 24.3 Å². The molecule has 98 valence electrons. The van der Waals surface area contributed by atoms with E-state index in [9.17, 15) is 4.79 Å². The summed E-state index contributed by atoms with van der Waals surface area (Å²) >= 11 is 9.17. The van der Waals surface area contributed by atoms with Crippen molar-refractivity contribution in [3.8, 4) is 11.5 Å². The largest absolute Gasteiger partial charge is 0.409 e. The molecule has 1 fully saturated rings. The van der Waals surface area contributed by atoms with E-state index in [4.69, 9.17) is 16.6 Å². The van der Waals surface area contributed by atoms with Crippen LogP contribution < -0.4 is 4.90 Å². The standard InChI is InChI=1S/C12H11N3O2S2/c16-10-5-9(18)6-15(10)8-3-1-7(2-4-8)11-13-14-12(19)17-11/h1-4,9,18H,5-6H2,(H,14,19). The fraction of sp³-hybridized carbons (Fsp3) is 0.250. The maximum Gasteiger partial charge on any atom is 0.284 e. The summed E-state index contributed by atoms with van der Waals surface area (Å²) in [5.74, 6) is 0.543. The number of H-pyrrole nitrogens is 1. The number of carbonyl (C=O) groups excluding carboxylic acids is 1. The molecule has 0 radical (unpaired) electrons. The first kappa shape index (κ1) is 12.4. The van der Waals surface area contributed by atoms with E-state index in [2.05, 4.69) is 22.8 Å². The maximum atomic E-state index is 11.8. The number of benzene rings is 1. The molecule has 0 spiro atoms. The lowest BCUT2D eigenvalue weighted by Gasteiger charge is -2.15. The SMILES string of the molecule is O=C1CC(S)CN1c1ccc(-c2n[nH]c(=S)o2)cc1. The number of carbonyl (C=O) groups is 1. The van der Waals surface area contributed by atoms with E-state index in [1.54, 1.807) is 4.90 Å². The Hall–Kier alpha value is -1.60. The van der Waals surface area contributed by atoms with Crippen molar-refractivity contribution < 1.29 is 9.21 Å². The van der Waals surface area contributed by atoms with Crippen molar-refractivity contribution in [2.45, 2.75) is 11.7 Å². The molecule has 1 N–H and O–H groups in total. The van der Waals surface area contributed by atoms with Gasteiger partial charge in [0.15, 0.2) is 0 Å². The minimum absolute atomic E-state index is 0.102. The van der Waals surface area contributed by atoms with Gasteiger partial charge >= 0.3 is 0 Å². The van der Waals surface area contributed by atoms with Crippen LogP contribution in [0, 0.1) is 4.84 Å². The zero-order valence-corrected chi connectivity index (χ0v) is 11.6. The van der Waals surface area contributed by atoms with Gasteiger partial charge in [-0.25, -0.2) is 5.10 Å². The van der Waals surface area contributed by atoms with E-state index in [1.165, 1.54) is 0 Å². The van der Waals surface area contributed by atoms with Gasteiger partial charge in [0.2, 0.25) is 11.8 Å². The zero-order chi connectivity index (χ0) is 13.4. The number of thiol groups is 1. The molecule has 3 rings (SSSR count). The minimum Gasteiger partial charge on any atom is -0.409 e. The molecular formula is C12H11N3O2S2. The second-order valence-electron chi connectivity index (χ2n) is 4.33. The summed E-state index contributed by atoms with van der Waals surface area (Å²) < 4.78 is 5.23. The van der Waals surface area contributed by atoms with Crippen molar-refractivity contribution in [3.05, 3.63) is 29.1 Å². The number of aromatic amines is 1. The molecule has 5 nitrogen and oxygen atoms in total. The van der Waals surface area contributed by atoms with Gasteiger partial charge in [0.05, 0.1) is 0 Å². The van der Waals surface area contributed by atoms with Crippen LogP contribution in [0.25, 0.3) is 11.5 Å². The molecule has 1 aromatic heterocycles. The second-order valence-corrected chi connectivity index (χ2v) is 5.43. The predicted octanol–water partition coefficient (Wildman–Crippen LogP) is 2.43. The molecule has 2 heterocycles. The third kappa shape index (κ3) is 2.43. The Bertz CT molecular complexity index is 662. The summed E-state index contributed by atoms with van der Waals surface area (Å²) in [6.07, 6.45) is 0.485. The number of rotatable bonds is 2. The first-order valence-corrected chi connectivity index (χ1v) is 6.70. The molecule has 19 heavy (non-hydrogen) atoms. The lowest BCUT2D eigenvalue weighted by atomic mass is 10.2. The summed E-state index contributed by atoms with van der Waals surface area (Å²) in [7, 11) is 0. The Morgan fingerprint density at radius 2 is 2.16 bits per heavy atom. The highest BCUT2D eigenvalue weighted by molar-refractivity contribution is 7.81. The van der Waals surface area contributed by atoms with Crippen LogP contribution in [0.4, 0.5) is 5.69 Å². The summed E-state index contributed by atoms with van der Waals surface area (Å²) in [5, 5.41) is 6.63. The number of nitrogens with one attached hydrogen (secondary N) is 1. The van der Waals surface area contributed by atoms with Gasteiger partial charge in [-0.05, 0) is 36.5 Å². The topological polar surface area (TPSA) is 62.1 Å². The third-order valence-corrected chi connectivity index (χ3v) is 3.49. The van der Waals surface area contributed by atoms with Crippen LogP contribution in [0.3, 0.4) is 0 Å². The Morgan fingerprint density at radius 1 is 1.42 bits per heavy atom. The van der Waals surface area contributed by atoms with Crippen molar-refractivity contribution in [3.63, 3.8) is 0 Å². The van der Waals surface area contributed by atoms with Crippen molar-refractivity contribution in [1.82, 2.24) is 10.2 Å². The number of hydrogen-bond acceptors (Lipinski definition) is 5. The first-order chi connectivity index (χ1) is 9.13. The van der Waals surface area contributed by atoms with E-state index in [0.29, 0.717) is 18.9 Å². The number of nitrogens with zero attached hydrogens (tertiary/aromatic N) is 2. The van der Waals surface area contributed by atoms with Gasteiger partial charge in [-0.1, -0.05) is 0 Å². The smallest absolute Gasteiger partial charge is 0.284 e. The molecule has 1 amide bonds. The quantitative estimate of drug-likeness (QED) is 0.659. The van der Waals surface area contributed by atoms with Gasteiger partial charge < -0.3 is 9.32 Å². The number of amides is 1. The Labute approximate surface area is 120 Å². The van der Waals surface area contributed by atoms with Gasteiger partial charge in [-0.2, -0.15) is 12.6 Å². The molecular weight excluding hydrogens is 282 g/mol. The van der Waals surface area contributed by atoms with Crippen molar-refractivity contribution >= 4 is 36.4 Å². The molecule has 0 saturated carbocycles. The highest BCUT2D eigenvalue weighted by atomic mass is 32.1. The summed E-state index contributed by atoms with van der Waals surface area (Å²) in [6.45, 7) is 0.643. The summed E-state index contributed by atoms with van der Waals surface area (Å²) in [4.78, 5) is 13.8. The number of hydrogen-bond donors (Lipinski definition) is 2. The van der Waals surface area contributed by atoms with Crippen molar-refractivity contribution in [1.29, 1.82) is 0 Å². The van der Waals surface area contributed by atoms with Crippen LogP contribution in [0.5, 0.6) is 0 Å². The van der Waals surface area contributed by atoms with Crippen molar-refractivity contribution in [2.75, 3.05) is 11.4 Å². The zero-order valence-electron chi connectivity index (χ0n) is 9.87. The van der Waals surface area contributed by atoms with E-state index in [0.717, 1.165) is 11.3 Å². The highest BCUT2D eigenvalue weighted by Crippen LogP contribution is 2.26. The van der Waals surface area contributed by atoms with Crippen LogP contribution in [0.15, 0.2) is 28.7 Å². The summed E-state index contributed by atoms with van der Waals surface area (Å²) in [5.41, 5.74) is 1.67. The Kier molecular flexibility index (Phi) is 3.16. The molecule has 0 aliphatic carbocycles. The fourth-order valence-electron chi connectivity index (χ4n) is 2.08. The molecule has 2 aromatic rings. The van der Waals surface area contributed by atoms with Crippen LogP contribution in [-0.4, -0.2) is 27.9 Å². The molecule has 1 saturated heterocycles. The number of anilines is 1. The van der Waals surface area contributed by atoms with Crippen LogP contribution in [-0.2, 0) is 4.79 Å². The molecule has 1 aliphatic rings. The van der Waals surface area contributed by atoms with E-state index < -0.39 is 0 Å². The molecule has 7 heteroatoms. The van der Waals surface area contributed by atoms with Gasteiger partial charge in [0, 0.05) is 29.5 Å². The lowest BCUT2D eigenvalue weighted by molar-refractivity contribution is -0.117. The summed E-state index contributed by atoms with van der Waals surface area (Å²) in [6, 6.07) is 7.43. The molecule has 1 unspecified atom stereocenters.